The van der Waals surface area contributed by atoms with Crippen LogP contribution in [0.3, 0.4) is 0 Å². The molecule has 21 heavy (non-hydrogen) atoms. The number of para-hydroxylation sites is 1. The largest absolute Gasteiger partial charge is 0.325 e. The van der Waals surface area contributed by atoms with Crippen LogP contribution in [0, 0.1) is 0 Å². The Balaban J connectivity index is 1.55. The molecule has 0 saturated carbocycles. The lowest BCUT2D eigenvalue weighted by atomic mass is 9.96. The first-order valence-electron chi connectivity index (χ1n) is 7.16. The molecule has 1 fully saturated rings. The van der Waals surface area contributed by atoms with Crippen LogP contribution in [0.2, 0.25) is 0 Å². The number of nitrogens with zero attached hydrogens (tertiary/aromatic N) is 1. The van der Waals surface area contributed by atoms with E-state index >= 15 is 0 Å². The van der Waals surface area contributed by atoms with Crippen LogP contribution in [0.5, 0.6) is 5.75 Å². The number of hydrogen-bond acceptors (Lipinski definition) is 5. The van der Waals surface area contributed by atoms with Crippen molar-refractivity contribution in [1.82, 2.24) is 10.3 Å². The van der Waals surface area contributed by atoms with E-state index < -0.39 is 0 Å². The molecule has 0 spiro atoms. The second-order valence-electron chi connectivity index (χ2n) is 4.99. The fourth-order valence-electron chi connectivity index (χ4n) is 2.38. The molecular weight excluding hydrogens is 284 g/mol. The maximum absolute atomic E-state index is 5.21. The highest BCUT2D eigenvalue weighted by atomic mass is 32.2. The highest BCUT2D eigenvalue weighted by Crippen LogP contribution is 2.25. The Bertz CT molecular complexity index is 559. The summed E-state index contributed by atoms with van der Waals surface area (Å²) in [4.78, 5) is 9.85. The summed E-state index contributed by atoms with van der Waals surface area (Å²) in [6.45, 7) is 2.11. The lowest BCUT2D eigenvalue weighted by molar-refractivity contribution is -0.0779. The standard InChI is InChI=1S/C16H18N2O2S/c1-2-7-14(8-3-1)19-20-21-16-10-4-9-15(18-16)13-6-5-11-17-12-13/h1-4,7-10,13,17H,5-6,11-12H2. The molecule has 1 N–H and O–H groups in total. The van der Waals surface area contributed by atoms with E-state index in [1.165, 1.54) is 12.8 Å². The second-order valence-corrected chi connectivity index (χ2v) is 5.71. The Labute approximate surface area is 129 Å². The number of hydrogen-bond donors (Lipinski definition) is 1. The highest BCUT2D eigenvalue weighted by molar-refractivity contribution is 7.94. The molecule has 1 saturated heterocycles. The van der Waals surface area contributed by atoms with Crippen molar-refractivity contribution in [3.63, 3.8) is 0 Å². The van der Waals surface area contributed by atoms with Crippen molar-refractivity contribution in [2.45, 2.75) is 23.8 Å². The zero-order chi connectivity index (χ0) is 14.3. The predicted octanol–water partition coefficient (Wildman–Crippen LogP) is 3.57. The van der Waals surface area contributed by atoms with E-state index in [-0.39, 0.29) is 0 Å². The molecule has 0 amide bonds. The molecule has 1 aliphatic rings. The third-order valence-corrected chi connectivity index (χ3v) is 3.99. The van der Waals surface area contributed by atoms with Crippen molar-refractivity contribution >= 4 is 12.0 Å². The lowest BCUT2D eigenvalue weighted by Gasteiger charge is -2.22. The first-order valence-corrected chi connectivity index (χ1v) is 7.90. The van der Waals surface area contributed by atoms with E-state index in [4.69, 9.17) is 9.22 Å². The molecule has 110 valence electrons. The van der Waals surface area contributed by atoms with Gasteiger partial charge in [-0.05, 0) is 43.7 Å². The van der Waals surface area contributed by atoms with Gasteiger partial charge in [0.15, 0.2) is 5.75 Å². The van der Waals surface area contributed by atoms with Gasteiger partial charge in [0, 0.05) is 18.2 Å². The normalized spacial score (nSPS) is 18.4. The molecule has 0 bridgehead atoms. The van der Waals surface area contributed by atoms with Crippen molar-refractivity contribution in [2.75, 3.05) is 13.1 Å². The predicted molar refractivity (Wildman–Crippen MR) is 83.1 cm³/mol. The smallest absolute Gasteiger partial charge is 0.166 e. The number of piperidine rings is 1. The summed E-state index contributed by atoms with van der Waals surface area (Å²) in [6, 6.07) is 15.5. The van der Waals surface area contributed by atoms with Gasteiger partial charge in [-0.25, -0.2) is 4.98 Å². The topological polar surface area (TPSA) is 43.4 Å². The fraction of sp³-hybridized carbons (Fsp3) is 0.312. The van der Waals surface area contributed by atoms with Crippen LogP contribution in [-0.2, 0) is 4.33 Å². The van der Waals surface area contributed by atoms with E-state index in [1.54, 1.807) is 0 Å². The third kappa shape index (κ3) is 4.20. The minimum atomic E-state index is 0.495. The average molecular weight is 302 g/mol. The minimum Gasteiger partial charge on any atom is -0.325 e. The Kier molecular flexibility index (Phi) is 5.10. The van der Waals surface area contributed by atoms with Gasteiger partial charge in [-0.2, -0.15) is 0 Å². The number of rotatable bonds is 5. The van der Waals surface area contributed by atoms with Gasteiger partial charge >= 0.3 is 0 Å². The number of pyridine rings is 1. The van der Waals surface area contributed by atoms with Crippen LogP contribution in [0.1, 0.15) is 24.5 Å². The zero-order valence-electron chi connectivity index (χ0n) is 11.7. The van der Waals surface area contributed by atoms with E-state index in [0.29, 0.717) is 11.7 Å². The van der Waals surface area contributed by atoms with Gasteiger partial charge in [0.05, 0.1) is 0 Å². The van der Waals surface area contributed by atoms with Crippen molar-refractivity contribution in [1.29, 1.82) is 0 Å². The lowest BCUT2D eigenvalue weighted by Crippen LogP contribution is -2.28. The summed E-state index contributed by atoms with van der Waals surface area (Å²) in [5.74, 6) is 1.17. The number of benzene rings is 1. The summed E-state index contributed by atoms with van der Waals surface area (Å²) >= 11 is 1.14. The molecule has 1 atom stereocenters. The second kappa shape index (κ2) is 7.45. The maximum Gasteiger partial charge on any atom is 0.166 e. The van der Waals surface area contributed by atoms with Gasteiger partial charge in [-0.3, -0.25) is 0 Å². The summed E-state index contributed by atoms with van der Waals surface area (Å²) < 4.78 is 5.19. The van der Waals surface area contributed by atoms with Gasteiger partial charge in [0.1, 0.15) is 17.1 Å². The molecule has 5 heteroatoms. The molecule has 1 aliphatic heterocycles. The number of aromatic nitrogens is 1. The molecule has 1 aromatic carbocycles. The van der Waals surface area contributed by atoms with Crippen molar-refractivity contribution < 1.29 is 9.22 Å². The molecule has 0 aliphatic carbocycles. The summed E-state index contributed by atoms with van der Waals surface area (Å²) in [5, 5.41) is 4.23. The molecule has 2 heterocycles. The van der Waals surface area contributed by atoms with Crippen molar-refractivity contribution in [3.8, 4) is 5.75 Å². The quantitative estimate of drug-likeness (QED) is 0.519. The van der Waals surface area contributed by atoms with E-state index in [9.17, 15) is 0 Å². The van der Waals surface area contributed by atoms with Gasteiger partial charge in [-0.1, -0.05) is 24.3 Å². The van der Waals surface area contributed by atoms with Gasteiger partial charge in [-0.15, -0.1) is 4.33 Å². The SMILES string of the molecule is c1ccc(OOSc2cccc(C3CCCNC3)n2)cc1. The molecule has 4 nitrogen and oxygen atoms in total. The summed E-state index contributed by atoms with van der Waals surface area (Å²) in [6.07, 6.45) is 2.40. The maximum atomic E-state index is 5.21. The first kappa shape index (κ1) is 14.4. The Morgan fingerprint density at radius 1 is 1.10 bits per heavy atom. The molecule has 0 radical (unpaired) electrons. The van der Waals surface area contributed by atoms with Crippen molar-refractivity contribution in [2.24, 2.45) is 0 Å². The average Bonchev–Trinajstić information content (AvgIpc) is 2.57. The molecule has 1 unspecified atom stereocenters. The van der Waals surface area contributed by atoms with Gasteiger partial charge < -0.3 is 10.2 Å². The molecule has 1 aromatic heterocycles. The Morgan fingerprint density at radius 3 is 2.81 bits per heavy atom. The highest BCUT2D eigenvalue weighted by Gasteiger charge is 2.16. The zero-order valence-corrected chi connectivity index (χ0v) is 12.5. The van der Waals surface area contributed by atoms with Crippen LogP contribution >= 0.6 is 12.0 Å². The van der Waals surface area contributed by atoms with Gasteiger partial charge in [0.2, 0.25) is 0 Å². The number of nitrogens with one attached hydrogen (secondary N) is 1. The molecule has 3 rings (SSSR count). The Morgan fingerprint density at radius 2 is 2.00 bits per heavy atom. The van der Waals surface area contributed by atoms with Crippen LogP contribution in [0.4, 0.5) is 0 Å². The summed E-state index contributed by atoms with van der Waals surface area (Å²) in [5.41, 5.74) is 1.12. The minimum absolute atomic E-state index is 0.495. The first-order chi connectivity index (χ1) is 10.4. The van der Waals surface area contributed by atoms with Crippen LogP contribution < -0.4 is 10.2 Å². The van der Waals surface area contributed by atoms with E-state index in [2.05, 4.69) is 16.4 Å². The van der Waals surface area contributed by atoms with Crippen LogP contribution in [0.15, 0.2) is 53.6 Å². The van der Waals surface area contributed by atoms with E-state index in [0.717, 1.165) is 35.9 Å². The van der Waals surface area contributed by atoms with Crippen molar-refractivity contribution in [3.05, 3.63) is 54.2 Å². The molecule has 2 aromatic rings. The summed E-state index contributed by atoms with van der Waals surface area (Å²) in [7, 11) is 0. The third-order valence-electron chi connectivity index (χ3n) is 3.45. The Hall–Kier alpha value is -1.56. The van der Waals surface area contributed by atoms with Crippen LogP contribution in [0.25, 0.3) is 0 Å². The van der Waals surface area contributed by atoms with E-state index in [1.807, 2.05) is 42.5 Å². The van der Waals surface area contributed by atoms with Gasteiger partial charge in [0.25, 0.3) is 0 Å². The van der Waals surface area contributed by atoms with Crippen LogP contribution in [-0.4, -0.2) is 18.1 Å². The molecular formula is C16H18N2O2S. The fourth-order valence-corrected chi connectivity index (χ4v) is 2.84. The monoisotopic (exact) mass is 302 g/mol.